The monoisotopic (exact) mass is 247 g/mol. The van der Waals surface area contributed by atoms with E-state index in [-0.39, 0.29) is 17.6 Å². The maximum atomic E-state index is 10.5. The summed E-state index contributed by atoms with van der Waals surface area (Å²) in [5.74, 6) is 0.214. The lowest BCUT2D eigenvalue weighted by molar-refractivity contribution is -0.384. The van der Waals surface area contributed by atoms with E-state index in [1.807, 2.05) is 0 Å². The Bertz CT molecular complexity index is 602. The number of nitro benzene ring substituents is 1. The molecule has 0 aliphatic heterocycles. The Labute approximate surface area is 101 Å². The number of non-ortho nitro benzene ring substituents is 1. The van der Waals surface area contributed by atoms with Crippen molar-refractivity contribution in [2.45, 2.75) is 6.92 Å². The summed E-state index contributed by atoms with van der Waals surface area (Å²) in [4.78, 5) is 13.8. The first-order chi connectivity index (χ1) is 8.56. The Hall–Kier alpha value is -2.77. The van der Waals surface area contributed by atoms with Crippen LogP contribution in [0.25, 0.3) is 0 Å². The average Bonchev–Trinajstić information content (AvgIpc) is 2.66. The quantitative estimate of drug-likeness (QED) is 0.507. The first-order valence-electron chi connectivity index (χ1n) is 4.95. The highest BCUT2D eigenvalue weighted by atomic mass is 16.6. The third-order valence-corrected chi connectivity index (χ3v) is 2.11. The number of oxazole rings is 1. The zero-order valence-electron chi connectivity index (χ0n) is 9.40. The summed E-state index contributed by atoms with van der Waals surface area (Å²) in [6.07, 6.45) is 0. The molecule has 0 radical (unpaired) electrons. The van der Waals surface area contributed by atoms with Crippen molar-refractivity contribution in [3.05, 3.63) is 40.1 Å². The highest BCUT2D eigenvalue weighted by Crippen LogP contribution is 2.24. The van der Waals surface area contributed by atoms with Crippen LogP contribution in [0.2, 0.25) is 0 Å². The molecule has 0 aliphatic carbocycles. The van der Waals surface area contributed by atoms with Crippen molar-refractivity contribution in [3.8, 4) is 0 Å². The molecule has 0 atom stereocenters. The Balaban J connectivity index is 2.18. The number of anilines is 1. The molecule has 2 rings (SSSR count). The van der Waals surface area contributed by atoms with Crippen LogP contribution < -0.4 is 5.73 Å². The van der Waals surface area contributed by atoms with Gasteiger partial charge in [0.15, 0.2) is 0 Å². The minimum Gasteiger partial charge on any atom is -0.403 e. The fourth-order valence-electron chi connectivity index (χ4n) is 1.25. The lowest BCUT2D eigenvalue weighted by Crippen LogP contribution is -1.85. The summed E-state index contributed by atoms with van der Waals surface area (Å²) in [6, 6.07) is 5.67. The molecule has 1 aromatic carbocycles. The van der Waals surface area contributed by atoms with Crippen molar-refractivity contribution in [3.63, 3.8) is 0 Å². The number of hydrogen-bond acceptors (Lipinski definition) is 7. The van der Waals surface area contributed by atoms with Crippen molar-refractivity contribution in [1.29, 1.82) is 0 Å². The summed E-state index contributed by atoms with van der Waals surface area (Å²) >= 11 is 0. The van der Waals surface area contributed by atoms with Crippen LogP contribution >= 0.6 is 0 Å². The molecule has 0 spiro atoms. The number of nitrogens with two attached hydrogens (primary N) is 1. The van der Waals surface area contributed by atoms with Crippen molar-refractivity contribution >= 4 is 23.3 Å². The molecule has 8 nitrogen and oxygen atoms in total. The Kier molecular flexibility index (Phi) is 3.00. The van der Waals surface area contributed by atoms with Crippen molar-refractivity contribution < 1.29 is 9.34 Å². The normalized spacial score (nSPS) is 10.9. The zero-order valence-corrected chi connectivity index (χ0v) is 9.40. The first kappa shape index (κ1) is 11.7. The molecule has 8 heteroatoms. The Morgan fingerprint density at radius 1 is 1.33 bits per heavy atom. The van der Waals surface area contributed by atoms with Gasteiger partial charge in [-0.1, -0.05) is 0 Å². The molecule has 2 aromatic rings. The third kappa shape index (κ3) is 2.48. The number of nitro groups is 1. The molecule has 0 fully saturated rings. The van der Waals surface area contributed by atoms with E-state index in [9.17, 15) is 10.1 Å². The van der Waals surface area contributed by atoms with Crippen LogP contribution in [-0.2, 0) is 0 Å². The van der Waals surface area contributed by atoms with Crippen LogP contribution in [0.1, 0.15) is 5.69 Å². The van der Waals surface area contributed by atoms with Gasteiger partial charge in [0.05, 0.1) is 10.6 Å². The van der Waals surface area contributed by atoms with Crippen LogP contribution in [0.5, 0.6) is 0 Å². The van der Waals surface area contributed by atoms with Gasteiger partial charge in [0.1, 0.15) is 5.69 Å². The zero-order chi connectivity index (χ0) is 13.1. The summed E-state index contributed by atoms with van der Waals surface area (Å²) in [6.45, 7) is 1.68. The van der Waals surface area contributed by atoms with Crippen LogP contribution in [0.15, 0.2) is 38.9 Å². The van der Waals surface area contributed by atoms with Gasteiger partial charge in [-0.2, -0.15) is 4.98 Å². The molecule has 0 saturated carbocycles. The van der Waals surface area contributed by atoms with Crippen LogP contribution in [0, 0.1) is 17.0 Å². The predicted octanol–water partition coefficient (Wildman–Crippen LogP) is 2.89. The third-order valence-electron chi connectivity index (χ3n) is 2.11. The average molecular weight is 247 g/mol. The summed E-state index contributed by atoms with van der Waals surface area (Å²) in [7, 11) is 0. The number of azo groups is 1. The molecular formula is C10H9N5O3. The molecule has 1 heterocycles. The number of nitrogens with zero attached hydrogens (tertiary/aromatic N) is 4. The largest absolute Gasteiger partial charge is 0.403 e. The van der Waals surface area contributed by atoms with Gasteiger partial charge in [0, 0.05) is 12.1 Å². The molecule has 1 aromatic heterocycles. The number of aryl methyl sites for hydroxylation is 1. The maximum absolute atomic E-state index is 10.5. The number of rotatable bonds is 3. The highest BCUT2D eigenvalue weighted by molar-refractivity contribution is 5.44. The second kappa shape index (κ2) is 4.62. The molecule has 18 heavy (non-hydrogen) atoms. The van der Waals surface area contributed by atoms with E-state index < -0.39 is 4.92 Å². The Morgan fingerprint density at radius 2 is 2.00 bits per heavy atom. The molecule has 92 valence electrons. The molecule has 0 aliphatic rings. The predicted molar refractivity (Wildman–Crippen MR) is 62.9 cm³/mol. The van der Waals surface area contributed by atoms with E-state index >= 15 is 0 Å². The number of aromatic nitrogens is 1. The van der Waals surface area contributed by atoms with Gasteiger partial charge in [-0.3, -0.25) is 10.1 Å². The van der Waals surface area contributed by atoms with E-state index in [1.165, 1.54) is 24.3 Å². The van der Waals surface area contributed by atoms with Crippen LogP contribution in [-0.4, -0.2) is 9.91 Å². The van der Waals surface area contributed by atoms with Gasteiger partial charge in [0.25, 0.3) is 17.6 Å². The number of benzene rings is 1. The standard InChI is InChI=1S/C10H9N5O3/c1-6-9(18-10(11)12-6)14-13-7-2-4-8(5-3-7)15(16)17/h2-5H,1H3,(H2,11,12). The van der Waals surface area contributed by atoms with Gasteiger partial charge in [0.2, 0.25) is 0 Å². The van der Waals surface area contributed by atoms with Crippen molar-refractivity contribution in [2.24, 2.45) is 10.2 Å². The second-order valence-corrected chi connectivity index (χ2v) is 3.42. The van der Waals surface area contributed by atoms with E-state index in [1.54, 1.807) is 6.92 Å². The topological polar surface area (TPSA) is 120 Å². The first-order valence-corrected chi connectivity index (χ1v) is 4.95. The minimum atomic E-state index is -0.484. The van der Waals surface area contributed by atoms with Crippen molar-refractivity contribution in [1.82, 2.24) is 4.98 Å². The van der Waals surface area contributed by atoms with Crippen molar-refractivity contribution in [2.75, 3.05) is 5.73 Å². The smallest absolute Gasteiger partial charge is 0.294 e. The van der Waals surface area contributed by atoms with E-state index in [4.69, 9.17) is 10.2 Å². The minimum absolute atomic E-state index is 0.00552. The van der Waals surface area contributed by atoms with E-state index in [0.717, 1.165) is 0 Å². The summed E-state index contributed by atoms with van der Waals surface area (Å²) in [5.41, 5.74) is 6.34. The maximum Gasteiger partial charge on any atom is 0.294 e. The van der Waals surface area contributed by atoms with E-state index in [0.29, 0.717) is 11.4 Å². The van der Waals surface area contributed by atoms with Gasteiger partial charge in [-0.05, 0) is 19.1 Å². The highest BCUT2D eigenvalue weighted by Gasteiger charge is 2.06. The molecule has 0 bridgehead atoms. The van der Waals surface area contributed by atoms with Gasteiger partial charge < -0.3 is 10.2 Å². The molecule has 0 saturated heterocycles. The summed E-state index contributed by atoms with van der Waals surface area (Å²) < 4.78 is 5.00. The molecular weight excluding hydrogens is 238 g/mol. The number of hydrogen-bond donors (Lipinski definition) is 1. The number of nitrogen functional groups attached to an aromatic ring is 1. The van der Waals surface area contributed by atoms with Crippen LogP contribution in [0.4, 0.5) is 23.3 Å². The molecule has 0 unspecified atom stereocenters. The van der Waals surface area contributed by atoms with Gasteiger partial charge >= 0.3 is 0 Å². The van der Waals surface area contributed by atoms with Gasteiger partial charge in [-0.15, -0.1) is 10.2 Å². The Morgan fingerprint density at radius 3 is 2.50 bits per heavy atom. The fourth-order valence-corrected chi connectivity index (χ4v) is 1.25. The molecule has 0 amide bonds. The fraction of sp³-hybridized carbons (Fsp3) is 0.100. The van der Waals surface area contributed by atoms with Crippen LogP contribution in [0.3, 0.4) is 0 Å². The van der Waals surface area contributed by atoms with Gasteiger partial charge in [-0.25, -0.2) is 0 Å². The van der Waals surface area contributed by atoms with E-state index in [2.05, 4.69) is 15.2 Å². The molecule has 2 N–H and O–H groups in total. The second-order valence-electron chi connectivity index (χ2n) is 3.42. The SMILES string of the molecule is Cc1nc(N)oc1N=Nc1ccc([N+](=O)[O-])cc1. The summed E-state index contributed by atoms with van der Waals surface area (Å²) in [5, 5.41) is 18.1. The lowest BCUT2D eigenvalue weighted by Gasteiger charge is -1.92. The lowest BCUT2D eigenvalue weighted by atomic mass is 10.3.